The molecule has 0 saturated carbocycles. The van der Waals surface area contributed by atoms with Crippen molar-refractivity contribution in [3.8, 4) is 5.75 Å². The fraction of sp³-hybridized carbons (Fsp3) is 0.381. The van der Waals surface area contributed by atoms with Gasteiger partial charge in [-0.1, -0.05) is 29.3 Å². The summed E-state index contributed by atoms with van der Waals surface area (Å²) in [4.78, 5) is 13.3. The van der Waals surface area contributed by atoms with E-state index in [2.05, 4.69) is 5.32 Å². The molecular formula is C21H23Cl2NO4. The molecule has 5 nitrogen and oxygen atoms in total. The molecule has 1 fully saturated rings. The molecule has 1 heterocycles. The molecule has 1 aliphatic heterocycles. The summed E-state index contributed by atoms with van der Waals surface area (Å²) < 4.78 is 16.0. The molecule has 2 aromatic carbocycles. The predicted octanol–water partition coefficient (Wildman–Crippen LogP) is 4.71. The normalized spacial score (nSPS) is 15.8. The van der Waals surface area contributed by atoms with Crippen molar-refractivity contribution < 1.29 is 19.0 Å². The number of benzene rings is 2. The predicted molar refractivity (Wildman–Crippen MR) is 111 cm³/mol. The highest BCUT2D eigenvalue weighted by Gasteiger charge is 2.43. The Balaban J connectivity index is 1.79. The van der Waals surface area contributed by atoms with E-state index in [0.29, 0.717) is 55.0 Å². The number of halogens is 2. The maximum atomic E-state index is 13.3. The Kier molecular flexibility index (Phi) is 7.18. The van der Waals surface area contributed by atoms with Gasteiger partial charge in [0.1, 0.15) is 12.4 Å². The van der Waals surface area contributed by atoms with Crippen LogP contribution in [0.5, 0.6) is 5.75 Å². The smallest absolute Gasteiger partial charge is 0.235 e. The van der Waals surface area contributed by atoms with E-state index in [1.165, 1.54) is 0 Å². The zero-order valence-corrected chi connectivity index (χ0v) is 17.2. The lowest BCUT2D eigenvalue weighted by Crippen LogP contribution is -2.45. The van der Waals surface area contributed by atoms with Crippen molar-refractivity contribution in [3.63, 3.8) is 0 Å². The number of carbonyl (C=O) groups excluding carboxylic acids is 1. The monoisotopic (exact) mass is 423 g/mol. The highest BCUT2D eigenvalue weighted by atomic mass is 35.5. The zero-order chi connectivity index (χ0) is 20.0. The van der Waals surface area contributed by atoms with Crippen LogP contribution in [0, 0.1) is 0 Å². The van der Waals surface area contributed by atoms with Gasteiger partial charge < -0.3 is 19.5 Å². The van der Waals surface area contributed by atoms with Gasteiger partial charge in [0.2, 0.25) is 5.91 Å². The molecule has 1 saturated heterocycles. The van der Waals surface area contributed by atoms with Gasteiger partial charge in [0.15, 0.2) is 0 Å². The van der Waals surface area contributed by atoms with Crippen LogP contribution in [0.4, 0.5) is 5.69 Å². The highest BCUT2D eigenvalue weighted by Crippen LogP contribution is 2.40. The first-order valence-corrected chi connectivity index (χ1v) is 9.87. The number of hydrogen-bond donors (Lipinski definition) is 1. The lowest BCUT2D eigenvalue weighted by atomic mass is 9.73. The van der Waals surface area contributed by atoms with Gasteiger partial charge >= 0.3 is 0 Å². The Morgan fingerprint density at radius 2 is 1.82 bits per heavy atom. The Hall–Kier alpha value is -1.79. The molecule has 2 aromatic rings. The van der Waals surface area contributed by atoms with E-state index in [1.54, 1.807) is 19.2 Å². The zero-order valence-electron chi connectivity index (χ0n) is 15.7. The first kappa shape index (κ1) is 20.9. The SMILES string of the molecule is COCCOc1ccc(NC(=O)C2(c3ccc(Cl)cc3Cl)CCOCC2)cc1. The molecule has 7 heteroatoms. The Morgan fingerprint density at radius 3 is 2.46 bits per heavy atom. The minimum Gasteiger partial charge on any atom is -0.491 e. The molecule has 0 spiro atoms. The Morgan fingerprint density at radius 1 is 1.11 bits per heavy atom. The first-order valence-electron chi connectivity index (χ1n) is 9.12. The van der Waals surface area contributed by atoms with E-state index in [0.717, 1.165) is 11.3 Å². The number of nitrogens with one attached hydrogen (secondary N) is 1. The number of hydrogen-bond acceptors (Lipinski definition) is 4. The summed E-state index contributed by atoms with van der Waals surface area (Å²) in [5.41, 5.74) is 0.715. The maximum Gasteiger partial charge on any atom is 0.235 e. The Labute approximate surface area is 174 Å². The first-order chi connectivity index (χ1) is 13.5. The van der Waals surface area contributed by atoms with Crippen LogP contribution in [0.2, 0.25) is 10.0 Å². The molecule has 0 aliphatic carbocycles. The Bertz CT molecular complexity index is 805. The number of ether oxygens (including phenoxy) is 3. The van der Waals surface area contributed by atoms with E-state index < -0.39 is 5.41 Å². The number of rotatable bonds is 7. The van der Waals surface area contributed by atoms with Crippen molar-refractivity contribution in [2.75, 3.05) is 38.9 Å². The van der Waals surface area contributed by atoms with Crippen LogP contribution in [-0.2, 0) is 19.7 Å². The van der Waals surface area contributed by atoms with Crippen molar-refractivity contribution in [2.24, 2.45) is 0 Å². The van der Waals surface area contributed by atoms with Gasteiger partial charge in [-0.05, 0) is 54.8 Å². The minimum atomic E-state index is -0.756. The summed E-state index contributed by atoms with van der Waals surface area (Å²) in [5, 5.41) is 4.06. The van der Waals surface area contributed by atoms with Crippen molar-refractivity contribution in [3.05, 3.63) is 58.1 Å². The van der Waals surface area contributed by atoms with Crippen LogP contribution in [-0.4, -0.2) is 39.4 Å². The fourth-order valence-corrected chi connectivity index (χ4v) is 3.93. The number of anilines is 1. The standard InChI is InChI=1S/C21H23Cl2NO4/c1-26-12-13-28-17-5-3-16(4-6-17)24-20(25)21(8-10-27-11-9-21)18-7-2-15(22)14-19(18)23/h2-7,14H,8-13H2,1H3,(H,24,25). The van der Waals surface area contributed by atoms with E-state index >= 15 is 0 Å². The molecule has 28 heavy (non-hydrogen) atoms. The van der Waals surface area contributed by atoms with Crippen molar-refractivity contribution >= 4 is 34.8 Å². The lowest BCUT2D eigenvalue weighted by Gasteiger charge is -2.36. The second kappa shape index (κ2) is 9.61. The second-order valence-corrected chi connectivity index (χ2v) is 7.48. The minimum absolute atomic E-state index is 0.104. The van der Waals surface area contributed by atoms with Crippen LogP contribution in [0.1, 0.15) is 18.4 Å². The largest absolute Gasteiger partial charge is 0.491 e. The van der Waals surface area contributed by atoms with E-state index in [4.69, 9.17) is 37.4 Å². The van der Waals surface area contributed by atoms with Crippen LogP contribution in [0.15, 0.2) is 42.5 Å². The van der Waals surface area contributed by atoms with Gasteiger partial charge in [0.25, 0.3) is 0 Å². The molecule has 0 unspecified atom stereocenters. The lowest BCUT2D eigenvalue weighted by molar-refractivity contribution is -0.125. The molecule has 1 aliphatic rings. The molecular weight excluding hydrogens is 401 g/mol. The summed E-state index contributed by atoms with van der Waals surface area (Å²) in [6, 6.07) is 12.5. The summed E-state index contributed by atoms with van der Waals surface area (Å²) in [6.07, 6.45) is 1.11. The average Bonchev–Trinajstić information content (AvgIpc) is 2.70. The third kappa shape index (κ3) is 4.78. The van der Waals surface area contributed by atoms with Crippen LogP contribution >= 0.6 is 23.2 Å². The third-order valence-electron chi connectivity index (χ3n) is 4.90. The molecule has 3 rings (SSSR count). The van der Waals surface area contributed by atoms with Gasteiger partial charge in [-0.15, -0.1) is 0 Å². The molecule has 0 radical (unpaired) electrons. The third-order valence-corrected chi connectivity index (χ3v) is 5.44. The quantitative estimate of drug-likeness (QED) is 0.655. The molecule has 1 amide bonds. The fourth-order valence-electron chi connectivity index (χ4n) is 3.34. The van der Waals surface area contributed by atoms with Crippen LogP contribution in [0.25, 0.3) is 0 Å². The van der Waals surface area contributed by atoms with Crippen molar-refractivity contribution in [1.29, 1.82) is 0 Å². The van der Waals surface area contributed by atoms with Crippen LogP contribution < -0.4 is 10.1 Å². The number of carbonyl (C=O) groups is 1. The van der Waals surface area contributed by atoms with Crippen LogP contribution in [0.3, 0.4) is 0 Å². The topological polar surface area (TPSA) is 56.8 Å². The molecule has 0 aromatic heterocycles. The van der Waals surface area contributed by atoms with Gasteiger partial charge in [-0.3, -0.25) is 4.79 Å². The van der Waals surface area contributed by atoms with E-state index in [-0.39, 0.29) is 5.91 Å². The summed E-state index contributed by atoms with van der Waals surface area (Å²) in [5.74, 6) is 0.615. The van der Waals surface area contributed by atoms with Gasteiger partial charge in [0, 0.05) is 36.1 Å². The molecule has 0 bridgehead atoms. The van der Waals surface area contributed by atoms with Crippen molar-refractivity contribution in [1.82, 2.24) is 0 Å². The van der Waals surface area contributed by atoms with Gasteiger partial charge in [-0.25, -0.2) is 0 Å². The van der Waals surface area contributed by atoms with Crippen molar-refractivity contribution in [2.45, 2.75) is 18.3 Å². The van der Waals surface area contributed by atoms with E-state index in [9.17, 15) is 4.79 Å². The molecule has 150 valence electrons. The number of amides is 1. The second-order valence-electron chi connectivity index (χ2n) is 6.64. The molecule has 1 N–H and O–H groups in total. The van der Waals surface area contributed by atoms with Gasteiger partial charge in [0.05, 0.1) is 12.0 Å². The average molecular weight is 424 g/mol. The van der Waals surface area contributed by atoms with E-state index in [1.807, 2.05) is 30.3 Å². The van der Waals surface area contributed by atoms with Gasteiger partial charge in [-0.2, -0.15) is 0 Å². The summed E-state index contributed by atoms with van der Waals surface area (Å²) in [7, 11) is 1.63. The maximum absolute atomic E-state index is 13.3. The highest BCUT2D eigenvalue weighted by molar-refractivity contribution is 6.35. The summed E-state index contributed by atoms with van der Waals surface area (Å²) >= 11 is 12.5. The number of methoxy groups -OCH3 is 1. The molecule has 0 atom stereocenters. The summed E-state index contributed by atoms with van der Waals surface area (Å²) in [6.45, 7) is 1.99.